The van der Waals surface area contributed by atoms with Crippen molar-refractivity contribution in [1.29, 1.82) is 0 Å². The fraction of sp³-hybridized carbons (Fsp3) is 0.500. The SMILES string of the molecule is C#CCCNC(=O)N(C)CC(=O)O. The third-order valence-corrected chi connectivity index (χ3v) is 1.26. The maximum atomic E-state index is 11.0. The molecule has 13 heavy (non-hydrogen) atoms. The van der Waals surface area contributed by atoms with Crippen molar-refractivity contribution >= 4 is 12.0 Å². The van der Waals surface area contributed by atoms with Crippen LogP contribution in [0.25, 0.3) is 0 Å². The van der Waals surface area contributed by atoms with Gasteiger partial charge in [-0.25, -0.2) is 4.79 Å². The number of carbonyl (C=O) groups excluding carboxylic acids is 1. The molecular formula is C8H12N2O3. The highest BCUT2D eigenvalue weighted by molar-refractivity contribution is 5.79. The molecule has 0 fully saturated rings. The Labute approximate surface area is 76.7 Å². The highest BCUT2D eigenvalue weighted by Gasteiger charge is 2.10. The first-order valence-corrected chi connectivity index (χ1v) is 3.72. The van der Waals surface area contributed by atoms with Crippen LogP contribution in [0.15, 0.2) is 0 Å². The molecule has 0 aliphatic rings. The van der Waals surface area contributed by atoms with Crippen LogP contribution in [-0.2, 0) is 4.79 Å². The van der Waals surface area contributed by atoms with Crippen molar-refractivity contribution in [3.05, 3.63) is 0 Å². The van der Waals surface area contributed by atoms with Crippen molar-refractivity contribution in [1.82, 2.24) is 10.2 Å². The summed E-state index contributed by atoms with van der Waals surface area (Å²) in [4.78, 5) is 22.3. The van der Waals surface area contributed by atoms with Crippen LogP contribution in [0.5, 0.6) is 0 Å². The Bertz CT molecular complexity index is 232. The highest BCUT2D eigenvalue weighted by atomic mass is 16.4. The molecule has 72 valence electrons. The zero-order valence-electron chi connectivity index (χ0n) is 7.41. The number of likely N-dealkylation sites (N-methyl/N-ethyl adjacent to an activating group) is 1. The van der Waals surface area contributed by atoms with Gasteiger partial charge >= 0.3 is 12.0 Å². The van der Waals surface area contributed by atoms with Crippen LogP contribution < -0.4 is 5.32 Å². The van der Waals surface area contributed by atoms with Gasteiger partial charge in [0, 0.05) is 20.0 Å². The second-order valence-electron chi connectivity index (χ2n) is 2.44. The zero-order chi connectivity index (χ0) is 10.3. The Kier molecular flexibility index (Phi) is 5.12. The first-order chi connectivity index (χ1) is 6.07. The van der Waals surface area contributed by atoms with Gasteiger partial charge in [-0.05, 0) is 0 Å². The number of urea groups is 1. The number of amides is 2. The van der Waals surface area contributed by atoms with E-state index in [2.05, 4.69) is 11.2 Å². The summed E-state index contributed by atoms with van der Waals surface area (Å²) in [7, 11) is 1.40. The average molecular weight is 184 g/mol. The molecule has 0 heterocycles. The van der Waals surface area contributed by atoms with Crippen molar-refractivity contribution < 1.29 is 14.7 Å². The number of carboxylic acids is 1. The van der Waals surface area contributed by atoms with Gasteiger partial charge in [-0.15, -0.1) is 12.3 Å². The maximum absolute atomic E-state index is 11.0. The zero-order valence-corrected chi connectivity index (χ0v) is 7.41. The summed E-state index contributed by atoms with van der Waals surface area (Å²) in [6, 6.07) is -0.433. The quantitative estimate of drug-likeness (QED) is 0.467. The van der Waals surface area contributed by atoms with E-state index in [0.717, 1.165) is 4.90 Å². The van der Waals surface area contributed by atoms with Gasteiger partial charge in [-0.3, -0.25) is 4.79 Å². The third kappa shape index (κ3) is 5.56. The van der Waals surface area contributed by atoms with Crippen LogP contribution >= 0.6 is 0 Å². The largest absolute Gasteiger partial charge is 0.480 e. The van der Waals surface area contributed by atoms with Gasteiger partial charge in [0.2, 0.25) is 0 Å². The highest BCUT2D eigenvalue weighted by Crippen LogP contribution is 1.84. The van der Waals surface area contributed by atoms with E-state index in [4.69, 9.17) is 11.5 Å². The molecule has 2 amide bonds. The van der Waals surface area contributed by atoms with Crippen LogP contribution in [-0.4, -0.2) is 42.1 Å². The lowest BCUT2D eigenvalue weighted by Crippen LogP contribution is -2.40. The molecule has 0 rings (SSSR count). The molecule has 0 radical (unpaired) electrons. The van der Waals surface area contributed by atoms with Gasteiger partial charge in [0.15, 0.2) is 0 Å². The Balaban J connectivity index is 3.71. The molecule has 0 aromatic heterocycles. The van der Waals surface area contributed by atoms with Crippen LogP contribution in [0.4, 0.5) is 4.79 Å². The average Bonchev–Trinajstić information content (AvgIpc) is 2.03. The summed E-state index contributed by atoms with van der Waals surface area (Å²) in [6.45, 7) is 0.0428. The molecule has 0 spiro atoms. The molecule has 5 heteroatoms. The fourth-order valence-electron chi connectivity index (χ4n) is 0.651. The van der Waals surface area contributed by atoms with E-state index < -0.39 is 12.0 Å². The molecule has 0 saturated heterocycles. The summed E-state index contributed by atoms with van der Waals surface area (Å²) < 4.78 is 0. The van der Waals surface area contributed by atoms with E-state index in [1.165, 1.54) is 7.05 Å². The number of nitrogens with zero attached hydrogens (tertiary/aromatic N) is 1. The van der Waals surface area contributed by atoms with Gasteiger partial charge in [-0.2, -0.15) is 0 Å². The lowest BCUT2D eigenvalue weighted by molar-refractivity contribution is -0.137. The van der Waals surface area contributed by atoms with Crippen molar-refractivity contribution in [3.8, 4) is 12.3 Å². The monoisotopic (exact) mass is 184 g/mol. The predicted octanol–water partition coefficient (Wildman–Crippen LogP) is -0.264. The summed E-state index contributed by atoms with van der Waals surface area (Å²) >= 11 is 0. The van der Waals surface area contributed by atoms with Gasteiger partial charge in [0.25, 0.3) is 0 Å². The van der Waals surface area contributed by atoms with Crippen molar-refractivity contribution in [3.63, 3.8) is 0 Å². The summed E-state index contributed by atoms with van der Waals surface area (Å²) in [5.41, 5.74) is 0. The molecule has 2 N–H and O–H groups in total. The van der Waals surface area contributed by atoms with E-state index >= 15 is 0 Å². The lowest BCUT2D eigenvalue weighted by Gasteiger charge is -2.14. The van der Waals surface area contributed by atoms with Crippen LogP contribution in [0.2, 0.25) is 0 Å². The topological polar surface area (TPSA) is 69.6 Å². The minimum atomic E-state index is -1.05. The molecular weight excluding hydrogens is 172 g/mol. The minimum Gasteiger partial charge on any atom is -0.480 e. The van der Waals surface area contributed by atoms with Gasteiger partial charge in [0.05, 0.1) is 0 Å². The van der Waals surface area contributed by atoms with Crippen LogP contribution in [0.3, 0.4) is 0 Å². The van der Waals surface area contributed by atoms with Crippen LogP contribution in [0, 0.1) is 12.3 Å². The third-order valence-electron chi connectivity index (χ3n) is 1.26. The molecule has 0 unspecified atom stereocenters. The normalized spacial score (nSPS) is 8.62. The number of aliphatic carboxylic acids is 1. The Hall–Kier alpha value is -1.70. The second-order valence-corrected chi connectivity index (χ2v) is 2.44. The Morgan fingerprint density at radius 3 is 2.69 bits per heavy atom. The molecule has 0 saturated carbocycles. The standard InChI is InChI=1S/C8H12N2O3/c1-3-4-5-9-8(13)10(2)6-7(11)12/h1H,4-6H2,2H3,(H,9,13)(H,11,12). The van der Waals surface area contributed by atoms with Gasteiger partial charge < -0.3 is 15.3 Å². The molecule has 0 aromatic carbocycles. The summed E-state index contributed by atoms with van der Waals surface area (Å²) in [5, 5.41) is 10.8. The smallest absolute Gasteiger partial charge is 0.323 e. The van der Waals surface area contributed by atoms with Crippen molar-refractivity contribution in [2.75, 3.05) is 20.1 Å². The van der Waals surface area contributed by atoms with E-state index in [-0.39, 0.29) is 6.54 Å². The van der Waals surface area contributed by atoms with Crippen LogP contribution in [0.1, 0.15) is 6.42 Å². The molecule has 0 aromatic rings. The molecule has 0 atom stereocenters. The number of hydrogen-bond acceptors (Lipinski definition) is 2. The van der Waals surface area contributed by atoms with Crippen molar-refractivity contribution in [2.24, 2.45) is 0 Å². The molecule has 0 bridgehead atoms. The maximum Gasteiger partial charge on any atom is 0.323 e. The van der Waals surface area contributed by atoms with E-state index in [0.29, 0.717) is 13.0 Å². The first kappa shape index (κ1) is 11.3. The van der Waals surface area contributed by atoms with Gasteiger partial charge in [0.1, 0.15) is 6.54 Å². The minimum absolute atomic E-state index is 0.318. The number of carbonyl (C=O) groups is 2. The van der Waals surface area contributed by atoms with Crippen molar-refractivity contribution in [2.45, 2.75) is 6.42 Å². The molecule has 0 aliphatic carbocycles. The number of hydrogen-bond donors (Lipinski definition) is 2. The Morgan fingerprint density at radius 2 is 2.23 bits per heavy atom. The number of terminal acetylenes is 1. The number of carboxylic acid groups (broad SMARTS) is 1. The Morgan fingerprint density at radius 1 is 1.62 bits per heavy atom. The number of rotatable bonds is 4. The van der Waals surface area contributed by atoms with Gasteiger partial charge in [-0.1, -0.05) is 0 Å². The second kappa shape index (κ2) is 5.89. The summed E-state index contributed by atoms with van der Waals surface area (Å²) in [5.74, 6) is 1.31. The molecule has 5 nitrogen and oxygen atoms in total. The first-order valence-electron chi connectivity index (χ1n) is 3.72. The lowest BCUT2D eigenvalue weighted by atomic mass is 10.4. The van der Waals surface area contributed by atoms with E-state index in [1.807, 2.05) is 0 Å². The predicted molar refractivity (Wildman–Crippen MR) is 47.1 cm³/mol. The van der Waals surface area contributed by atoms with E-state index in [9.17, 15) is 9.59 Å². The fourth-order valence-corrected chi connectivity index (χ4v) is 0.651. The number of nitrogens with one attached hydrogen (secondary N) is 1. The van der Waals surface area contributed by atoms with E-state index in [1.54, 1.807) is 0 Å². The summed E-state index contributed by atoms with van der Waals surface area (Å²) in [6.07, 6.45) is 5.40. The molecule has 0 aliphatic heterocycles.